The van der Waals surface area contributed by atoms with E-state index in [-0.39, 0.29) is 16.5 Å². The Morgan fingerprint density at radius 1 is 0.360 bits per heavy atom. The molecule has 0 radical (unpaired) electrons. The Hall–Kier alpha value is 1.17. The van der Waals surface area contributed by atoms with E-state index in [0.29, 0.717) is 21.7 Å². The van der Waals surface area contributed by atoms with Crippen LogP contribution in [-0.2, 0) is 16.5 Å². The van der Waals surface area contributed by atoms with E-state index in [1.807, 2.05) is 0 Å². The van der Waals surface area contributed by atoms with Crippen LogP contribution >= 0.6 is 32.8 Å². The molecule has 2 heterocycles. The molecule has 0 fully saturated rings. The summed E-state index contributed by atoms with van der Waals surface area (Å²) < 4.78 is 0. The van der Waals surface area contributed by atoms with E-state index < -0.39 is 0 Å². The third kappa shape index (κ3) is 7.97. The van der Waals surface area contributed by atoms with E-state index in [9.17, 15) is 0 Å². The molecule has 0 amide bonds. The van der Waals surface area contributed by atoms with Crippen molar-refractivity contribution in [2.24, 2.45) is 21.7 Å². The van der Waals surface area contributed by atoms with Crippen molar-refractivity contribution in [2.75, 3.05) is 0 Å². The zero-order valence-electron chi connectivity index (χ0n) is 18.1. The largest absolute Gasteiger partial charge is 0.0582 e. The molecule has 2 rings (SSSR count). The van der Waals surface area contributed by atoms with E-state index in [4.69, 9.17) is 0 Å². The fourth-order valence-electron chi connectivity index (χ4n) is 1.75. The average molecular weight is 459 g/mol. The van der Waals surface area contributed by atoms with Crippen molar-refractivity contribution in [3.8, 4) is 0 Å². The summed E-state index contributed by atoms with van der Waals surface area (Å²) in [5, 5.41) is 6.69. The van der Waals surface area contributed by atoms with Gasteiger partial charge >= 0.3 is 0 Å². The zero-order valence-corrected chi connectivity index (χ0v) is 22.7. The molecule has 0 unspecified atom stereocenters. The molecule has 0 nitrogen and oxygen atoms in total. The molecule has 0 atom stereocenters. The van der Waals surface area contributed by atoms with Gasteiger partial charge < -0.3 is 0 Å². The van der Waals surface area contributed by atoms with Crippen LogP contribution in [0.5, 0.6) is 0 Å². The second-order valence-corrected chi connectivity index (χ2v) is 16.6. The predicted molar refractivity (Wildman–Crippen MR) is 126 cm³/mol. The molecule has 146 valence electrons. The maximum atomic E-state index is 2.31. The van der Waals surface area contributed by atoms with Gasteiger partial charge in [0.2, 0.25) is 0 Å². The van der Waals surface area contributed by atoms with Gasteiger partial charge in [-0.25, -0.2) is 0 Å². The molecule has 25 heavy (non-hydrogen) atoms. The van der Waals surface area contributed by atoms with E-state index in [1.54, 1.807) is 20.1 Å². The van der Waals surface area contributed by atoms with Crippen LogP contribution < -0.4 is 0 Å². The van der Waals surface area contributed by atoms with Gasteiger partial charge in [-0.2, -0.15) is 0 Å². The fraction of sp³-hybridized carbons (Fsp3) is 0.800. The monoisotopic (exact) mass is 458 g/mol. The first-order valence-corrected chi connectivity index (χ1v) is 12.4. The summed E-state index contributed by atoms with van der Waals surface area (Å²) in [6, 6.07) is 0. The minimum Gasteiger partial charge on any atom is -0.0582 e. The summed E-state index contributed by atoms with van der Waals surface area (Å²) in [6.07, 6.45) is 0. The van der Waals surface area contributed by atoms with E-state index in [1.165, 1.54) is 32.8 Å². The third-order valence-electron chi connectivity index (χ3n) is 3.53. The average Bonchev–Trinajstić information content (AvgIpc) is 1.99. The molecular formula is C20H36NiP4. The topological polar surface area (TPSA) is 0 Å². The molecule has 5 heteroatoms. The van der Waals surface area contributed by atoms with Gasteiger partial charge in [0.05, 0.1) is 0 Å². The van der Waals surface area contributed by atoms with Crippen molar-refractivity contribution >= 4 is 53.0 Å². The summed E-state index contributed by atoms with van der Waals surface area (Å²) in [6.45, 7) is 27.7. The van der Waals surface area contributed by atoms with Crippen molar-refractivity contribution in [3.05, 3.63) is 0 Å². The van der Waals surface area contributed by atoms with E-state index in [0.717, 1.165) is 0 Å². The summed E-state index contributed by atoms with van der Waals surface area (Å²) in [5.41, 5.74) is 1.66. The van der Waals surface area contributed by atoms with E-state index in [2.05, 4.69) is 83.1 Å². The van der Waals surface area contributed by atoms with Crippen LogP contribution in [0.2, 0.25) is 0 Å². The van der Waals surface area contributed by atoms with Gasteiger partial charge in [0, 0.05) is 36.6 Å². The minimum atomic E-state index is 0. The van der Waals surface area contributed by atoms with Crippen molar-refractivity contribution in [2.45, 2.75) is 83.1 Å². The molecule has 0 saturated heterocycles. The molecular weight excluding hydrogens is 423 g/mol. The van der Waals surface area contributed by atoms with Crippen molar-refractivity contribution < 1.29 is 16.5 Å². The molecule has 0 saturated carbocycles. The molecule has 0 aliphatic carbocycles. The van der Waals surface area contributed by atoms with Crippen LogP contribution in [0.15, 0.2) is 0 Å². The summed E-state index contributed by atoms with van der Waals surface area (Å²) in [4.78, 5) is 0. The SMILES string of the molecule is CC(C)(C)C1=PC(C(C)(C)C)=P1.CC(C)(C)C1=PC(C(C)(C)C)=P1.[Ni]. The molecule has 0 spiro atoms. The van der Waals surface area contributed by atoms with Gasteiger partial charge in [0.25, 0.3) is 0 Å². The third-order valence-corrected chi connectivity index (χ3v) is 13.0. The standard InChI is InChI=1S/2C10H18P2.Ni/c2*1-9(2,3)7-11-8(12-7)10(4,5)6;/h2*1-6H3;. The molecule has 0 N–H and O–H groups in total. The van der Waals surface area contributed by atoms with Gasteiger partial charge in [-0.15, -0.1) is 0 Å². The van der Waals surface area contributed by atoms with Crippen LogP contribution in [0.3, 0.4) is 0 Å². The van der Waals surface area contributed by atoms with Gasteiger partial charge in [-0.1, -0.05) is 116 Å². The Morgan fingerprint density at radius 3 is 0.560 bits per heavy atom. The molecule has 0 bridgehead atoms. The number of hydrogen-bond acceptors (Lipinski definition) is 0. The fourth-order valence-corrected chi connectivity index (χ4v) is 7.06. The smallest absolute Gasteiger partial charge is 0.0132 e. The van der Waals surface area contributed by atoms with Gasteiger partial charge in [-0.05, 0) is 21.7 Å². The Morgan fingerprint density at radius 2 is 0.480 bits per heavy atom. The summed E-state index contributed by atoms with van der Waals surface area (Å²) in [5.74, 6) is 0. The van der Waals surface area contributed by atoms with Gasteiger partial charge in [0.15, 0.2) is 0 Å². The Bertz CT molecular complexity index is 487. The Balaban J connectivity index is 0.000000443. The first-order valence-electron chi connectivity index (χ1n) is 8.79. The quantitative estimate of drug-likeness (QED) is 0.252. The van der Waals surface area contributed by atoms with Gasteiger partial charge in [0.1, 0.15) is 0 Å². The molecule has 2 aliphatic rings. The maximum Gasteiger partial charge on any atom is 0.0132 e. The van der Waals surface area contributed by atoms with Crippen LogP contribution in [0.25, 0.3) is 0 Å². The summed E-state index contributed by atoms with van der Waals surface area (Å²) >= 11 is 0. The molecule has 0 aromatic rings. The second kappa shape index (κ2) is 8.68. The second-order valence-electron chi connectivity index (χ2n) is 10.7. The molecule has 0 aromatic carbocycles. The molecule has 0 aromatic heterocycles. The van der Waals surface area contributed by atoms with Crippen LogP contribution in [-0.4, -0.2) is 20.1 Å². The molecule has 2 aliphatic heterocycles. The number of rotatable bonds is 0. The van der Waals surface area contributed by atoms with E-state index >= 15 is 0 Å². The first kappa shape index (κ1) is 26.2. The van der Waals surface area contributed by atoms with Crippen molar-refractivity contribution in [1.29, 1.82) is 0 Å². The van der Waals surface area contributed by atoms with Crippen molar-refractivity contribution in [3.63, 3.8) is 0 Å². The number of hydrogen-bond donors (Lipinski definition) is 0. The maximum absolute atomic E-state index is 2.31. The van der Waals surface area contributed by atoms with Crippen LogP contribution in [0.1, 0.15) is 83.1 Å². The Kier molecular flexibility index (Phi) is 9.08. The van der Waals surface area contributed by atoms with Gasteiger partial charge in [-0.3, -0.25) is 0 Å². The zero-order chi connectivity index (χ0) is 19.1. The minimum absolute atomic E-state index is 0. The Labute approximate surface area is 173 Å². The predicted octanol–water partition coefficient (Wildman–Crippen LogP) is 8.49. The first-order chi connectivity index (χ1) is 10.4. The summed E-state index contributed by atoms with van der Waals surface area (Å²) in [7, 11) is 6.07. The van der Waals surface area contributed by atoms with Crippen molar-refractivity contribution in [1.82, 2.24) is 0 Å². The van der Waals surface area contributed by atoms with Crippen LogP contribution in [0.4, 0.5) is 0 Å². The van der Waals surface area contributed by atoms with Crippen LogP contribution in [0, 0.1) is 21.7 Å². The normalized spacial score (nSPS) is 20.0.